The number of nitrogens with zero attached hydrogens (tertiary/aromatic N) is 2. The second-order valence-corrected chi connectivity index (χ2v) is 6.99. The molecule has 2 aromatic carbocycles. The number of benzene rings is 2. The van der Waals surface area contributed by atoms with Crippen LogP contribution in [0, 0.1) is 0 Å². The van der Waals surface area contributed by atoms with Crippen LogP contribution < -0.4 is 9.47 Å². The summed E-state index contributed by atoms with van der Waals surface area (Å²) in [6, 6.07) is 15.4. The largest absolute Gasteiger partial charge is 0.493 e. The van der Waals surface area contributed by atoms with E-state index in [0.29, 0.717) is 25.0 Å². The minimum Gasteiger partial charge on any atom is -0.493 e. The molecule has 0 aliphatic heterocycles. The molecule has 0 aliphatic rings. The highest BCUT2D eigenvalue weighted by Crippen LogP contribution is 2.26. The number of hydrogen-bond donors (Lipinski definition) is 0. The van der Waals surface area contributed by atoms with Gasteiger partial charge in [0.15, 0.2) is 0 Å². The molecule has 31 heavy (non-hydrogen) atoms. The van der Waals surface area contributed by atoms with Crippen molar-refractivity contribution in [2.45, 2.75) is 39.5 Å². The number of aromatic nitrogens is 2. The topological polar surface area (TPSA) is 57.4 Å². The first-order valence-electron chi connectivity index (χ1n) is 10.9. The van der Waals surface area contributed by atoms with Gasteiger partial charge >= 0.3 is 0 Å². The van der Waals surface area contributed by atoms with Gasteiger partial charge in [0.05, 0.1) is 13.2 Å². The first-order chi connectivity index (χ1) is 15.3. The molecule has 3 aromatic rings. The Morgan fingerprint density at radius 1 is 0.645 bits per heavy atom. The molecule has 0 amide bonds. The van der Waals surface area contributed by atoms with Gasteiger partial charge in [-0.1, -0.05) is 38.2 Å². The fraction of sp³-hybridized carbons (Fsp3) is 0.308. The maximum Gasteiger partial charge on any atom is 0.248 e. The van der Waals surface area contributed by atoms with Crippen LogP contribution in [0.1, 0.15) is 39.5 Å². The third-order valence-corrected chi connectivity index (χ3v) is 4.54. The highest BCUT2D eigenvalue weighted by molar-refractivity contribution is 5.59. The van der Waals surface area contributed by atoms with Crippen molar-refractivity contribution in [3.05, 3.63) is 72.8 Å². The Balaban J connectivity index is 1.54. The van der Waals surface area contributed by atoms with Crippen molar-refractivity contribution in [3.63, 3.8) is 0 Å². The smallest absolute Gasteiger partial charge is 0.248 e. The molecule has 0 spiro atoms. The van der Waals surface area contributed by atoms with Gasteiger partial charge in [0.1, 0.15) is 11.5 Å². The number of rotatable bonds is 12. The van der Waals surface area contributed by atoms with E-state index >= 15 is 0 Å². The Bertz CT molecular complexity index is 879. The van der Waals surface area contributed by atoms with Crippen LogP contribution in [0.5, 0.6) is 11.5 Å². The molecule has 0 aliphatic carbocycles. The van der Waals surface area contributed by atoms with Gasteiger partial charge in [-0.05, 0) is 74.2 Å². The molecular weight excluding hydrogens is 388 g/mol. The van der Waals surface area contributed by atoms with Crippen molar-refractivity contribution in [2.75, 3.05) is 13.2 Å². The molecule has 0 bridgehead atoms. The lowest BCUT2D eigenvalue weighted by molar-refractivity contribution is 0.324. The summed E-state index contributed by atoms with van der Waals surface area (Å²) in [5, 5.41) is 8.37. The fourth-order valence-corrected chi connectivity index (χ4v) is 2.90. The SMILES string of the molecule is CCC=CCCOc1ccc(-c2nnc(-c3ccc(OCCC=CCC)cc3)o2)cc1. The average Bonchev–Trinajstić information content (AvgIpc) is 3.30. The minimum absolute atomic E-state index is 0.482. The van der Waals surface area contributed by atoms with Gasteiger partial charge in [0.2, 0.25) is 11.8 Å². The van der Waals surface area contributed by atoms with Crippen LogP contribution >= 0.6 is 0 Å². The molecule has 0 fully saturated rings. The lowest BCUT2D eigenvalue weighted by atomic mass is 10.2. The van der Waals surface area contributed by atoms with E-state index in [9.17, 15) is 0 Å². The van der Waals surface area contributed by atoms with E-state index in [1.54, 1.807) is 0 Å². The highest BCUT2D eigenvalue weighted by Gasteiger charge is 2.11. The molecule has 1 aromatic heterocycles. The summed E-state index contributed by atoms with van der Waals surface area (Å²) in [4.78, 5) is 0. The van der Waals surface area contributed by atoms with Gasteiger partial charge in [-0.15, -0.1) is 10.2 Å². The summed E-state index contributed by atoms with van der Waals surface area (Å²) in [6.07, 6.45) is 12.5. The molecule has 1 heterocycles. The monoisotopic (exact) mass is 418 g/mol. The molecule has 0 atom stereocenters. The fourth-order valence-electron chi connectivity index (χ4n) is 2.90. The van der Waals surface area contributed by atoms with Gasteiger partial charge in [-0.25, -0.2) is 0 Å². The molecule has 0 saturated carbocycles. The summed E-state index contributed by atoms with van der Waals surface area (Å²) in [6.45, 7) is 5.57. The Kier molecular flexibility index (Phi) is 8.92. The van der Waals surface area contributed by atoms with E-state index in [0.717, 1.165) is 48.3 Å². The second-order valence-electron chi connectivity index (χ2n) is 6.99. The standard InChI is InChI=1S/C26H30N2O3/c1-3-5-7-9-19-29-23-15-11-21(12-16-23)25-27-28-26(31-25)22-13-17-24(18-14-22)30-20-10-8-6-4-2/h5-8,11-18H,3-4,9-10,19-20H2,1-2H3. The lowest BCUT2D eigenvalue weighted by Crippen LogP contribution is -1.95. The lowest BCUT2D eigenvalue weighted by Gasteiger charge is -2.05. The van der Waals surface area contributed by atoms with Crippen LogP contribution in [0.3, 0.4) is 0 Å². The van der Waals surface area contributed by atoms with Crippen molar-refractivity contribution in [1.82, 2.24) is 10.2 Å². The Morgan fingerprint density at radius 2 is 1.06 bits per heavy atom. The van der Waals surface area contributed by atoms with Crippen molar-refractivity contribution >= 4 is 0 Å². The summed E-state index contributed by atoms with van der Waals surface area (Å²) in [5.74, 6) is 2.62. The highest BCUT2D eigenvalue weighted by atomic mass is 16.5. The van der Waals surface area contributed by atoms with Crippen molar-refractivity contribution < 1.29 is 13.9 Å². The first-order valence-corrected chi connectivity index (χ1v) is 10.9. The summed E-state index contributed by atoms with van der Waals surface area (Å²) in [7, 11) is 0. The molecule has 162 valence electrons. The van der Waals surface area contributed by atoms with Crippen LogP contribution in [0.25, 0.3) is 22.9 Å². The molecule has 0 radical (unpaired) electrons. The second kappa shape index (κ2) is 12.4. The normalized spacial score (nSPS) is 11.4. The van der Waals surface area contributed by atoms with E-state index in [2.05, 4.69) is 48.3 Å². The van der Waals surface area contributed by atoms with Gasteiger partial charge in [0, 0.05) is 11.1 Å². The van der Waals surface area contributed by atoms with E-state index in [1.807, 2.05) is 48.5 Å². The predicted octanol–water partition coefficient (Wildman–Crippen LogP) is 6.87. The van der Waals surface area contributed by atoms with E-state index in [-0.39, 0.29) is 0 Å². The van der Waals surface area contributed by atoms with Gasteiger partial charge in [-0.3, -0.25) is 0 Å². The van der Waals surface area contributed by atoms with Crippen LogP contribution in [-0.4, -0.2) is 23.4 Å². The van der Waals surface area contributed by atoms with E-state index in [4.69, 9.17) is 13.9 Å². The van der Waals surface area contributed by atoms with E-state index < -0.39 is 0 Å². The Labute approximate surface area is 184 Å². The van der Waals surface area contributed by atoms with Gasteiger partial charge in [0.25, 0.3) is 0 Å². The molecular formula is C26H30N2O3. The molecule has 5 nitrogen and oxygen atoms in total. The minimum atomic E-state index is 0.482. The third kappa shape index (κ3) is 7.14. The number of ether oxygens (including phenoxy) is 2. The average molecular weight is 419 g/mol. The van der Waals surface area contributed by atoms with E-state index in [1.165, 1.54) is 0 Å². The molecule has 0 N–H and O–H groups in total. The van der Waals surface area contributed by atoms with Gasteiger partial charge in [-0.2, -0.15) is 0 Å². The maximum atomic E-state index is 5.86. The molecule has 0 saturated heterocycles. The van der Waals surface area contributed by atoms with Crippen molar-refractivity contribution in [1.29, 1.82) is 0 Å². The van der Waals surface area contributed by atoms with Crippen molar-refractivity contribution in [3.8, 4) is 34.4 Å². The quantitative estimate of drug-likeness (QED) is 0.237. The number of hydrogen-bond acceptors (Lipinski definition) is 5. The zero-order chi connectivity index (χ0) is 21.7. The maximum absolute atomic E-state index is 5.86. The molecule has 0 unspecified atom stereocenters. The predicted molar refractivity (Wildman–Crippen MR) is 124 cm³/mol. The molecule has 3 rings (SSSR count). The first kappa shape index (κ1) is 22.3. The van der Waals surface area contributed by atoms with Gasteiger partial charge < -0.3 is 13.9 Å². The molecule has 5 heteroatoms. The summed E-state index contributed by atoms with van der Waals surface area (Å²) in [5.41, 5.74) is 1.72. The number of allylic oxidation sites excluding steroid dienone is 2. The van der Waals surface area contributed by atoms with Crippen LogP contribution in [0.4, 0.5) is 0 Å². The van der Waals surface area contributed by atoms with Crippen LogP contribution in [0.15, 0.2) is 77.3 Å². The zero-order valence-electron chi connectivity index (χ0n) is 18.3. The third-order valence-electron chi connectivity index (χ3n) is 4.54. The summed E-state index contributed by atoms with van der Waals surface area (Å²) >= 11 is 0. The van der Waals surface area contributed by atoms with Crippen molar-refractivity contribution in [2.24, 2.45) is 0 Å². The Morgan fingerprint density at radius 3 is 1.45 bits per heavy atom. The van der Waals surface area contributed by atoms with Crippen LogP contribution in [-0.2, 0) is 0 Å². The Hall–Kier alpha value is -3.34. The zero-order valence-corrected chi connectivity index (χ0v) is 18.3. The van der Waals surface area contributed by atoms with Crippen LogP contribution in [0.2, 0.25) is 0 Å². The summed E-state index contributed by atoms with van der Waals surface area (Å²) < 4.78 is 17.3.